The number of nitro groups is 1. The van der Waals surface area contributed by atoms with E-state index in [1.54, 1.807) is 12.1 Å². The van der Waals surface area contributed by atoms with Gasteiger partial charge in [-0.15, -0.1) is 0 Å². The van der Waals surface area contributed by atoms with Crippen LogP contribution in [0.1, 0.15) is 19.8 Å². The van der Waals surface area contributed by atoms with E-state index in [9.17, 15) is 19.3 Å². The van der Waals surface area contributed by atoms with Gasteiger partial charge >= 0.3 is 0 Å². The number of para-hydroxylation sites is 2. The zero-order chi connectivity index (χ0) is 18.9. The Labute approximate surface area is 149 Å². The molecule has 138 valence electrons. The molecular formula is C18H19FN2O5. The van der Waals surface area contributed by atoms with E-state index in [0.717, 1.165) is 18.2 Å². The van der Waals surface area contributed by atoms with E-state index in [2.05, 4.69) is 5.32 Å². The lowest BCUT2D eigenvalue weighted by Crippen LogP contribution is -2.14. The highest BCUT2D eigenvalue weighted by Gasteiger charge is 2.13. The minimum Gasteiger partial charge on any atom is -0.490 e. The lowest BCUT2D eigenvalue weighted by atomic mass is 10.2. The number of ether oxygens (including phenoxy) is 2. The summed E-state index contributed by atoms with van der Waals surface area (Å²) >= 11 is 0. The van der Waals surface area contributed by atoms with Crippen molar-refractivity contribution < 1.29 is 23.6 Å². The Bertz CT molecular complexity index is 782. The van der Waals surface area contributed by atoms with Crippen molar-refractivity contribution in [3.8, 4) is 11.5 Å². The number of anilines is 1. The molecule has 0 heterocycles. The largest absolute Gasteiger partial charge is 0.490 e. The van der Waals surface area contributed by atoms with Crippen molar-refractivity contribution in [1.29, 1.82) is 0 Å². The molecule has 0 bridgehead atoms. The Morgan fingerprint density at radius 1 is 1.19 bits per heavy atom. The van der Waals surface area contributed by atoms with Crippen LogP contribution in [-0.2, 0) is 4.79 Å². The van der Waals surface area contributed by atoms with Crippen LogP contribution in [0.5, 0.6) is 11.5 Å². The summed E-state index contributed by atoms with van der Waals surface area (Å²) in [5.41, 5.74) is -0.510. The maximum Gasteiger partial charge on any atom is 0.271 e. The Kier molecular flexibility index (Phi) is 6.90. The molecule has 0 radical (unpaired) electrons. The molecule has 26 heavy (non-hydrogen) atoms. The molecule has 0 spiro atoms. The Balaban J connectivity index is 1.83. The number of rotatable bonds is 9. The van der Waals surface area contributed by atoms with Crippen LogP contribution in [0.3, 0.4) is 0 Å². The molecular weight excluding hydrogens is 343 g/mol. The first-order chi connectivity index (χ1) is 12.5. The highest BCUT2D eigenvalue weighted by Crippen LogP contribution is 2.26. The van der Waals surface area contributed by atoms with Gasteiger partial charge in [0.2, 0.25) is 5.91 Å². The molecule has 0 aliphatic rings. The number of carbonyl (C=O) groups is 1. The van der Waals surface area contributed by atoms with Gasteiger partial charge in [0.15, 0.2) is 11.5 Å². The summed E-state index contributed by atoms with van der Waals surface area (Å²) in [6.45, 7) is 2.65. The fourth-order valence-corrected chi connectivity index (χ4v) is 2.19. The number of hydrogen-bond acceptors (Lipinski definition) is 5. The average molecular weight is 362 g/mol. The zero-order valence-electron chi connectivity index (χ0n) is 14.2. The molecule has 0 atom stereocenters. The zero-order valence-corrected chi connectivity index (χ0v) is 14.2. The number of halogens is 1. The lowest BCUT2D eigenvalue weighted by molar-refractivity contribution is -0.384. The first-order valence-corrected chi connectivity index (χ1v) is 8.09. The van der Waals surface area contributed by atoms with Gasteiger partial charge in [-0.05, 0) is 31.5 Å². The van der Waals surface area contributed by atoms with E-state index >= 15 is 0 Å². The molecule has 0 aliphatic heterocycles. The number of amides is 1. The summed E-state index contributed by atoms with van der Waals surface area (Å²) in [4.78, 5) is 22.0. The molecule has 2 rings (SSSR count). The van der Waals surface area contributed by atoms with Crippen molar-refractivity contribution in [2.45, 2.75) is 19.8 Å². The standard InChI is InChI=1S/C18H19FN2O5/c1-2-25-16-6-3-4-7-17(16)26-11-5-8-18(22)20-15-12-13(21(23)24)9-10-14(15)19/h3-4,6-7,9-10,12H,2,5,8,11H2,1H3,(H,20,22). The molecule has 0 saturated heterocycles. The van der Waals surface area contributed by atoms with E-state index in [0.29, 0.717) is 24.5 Å². The van der Waals surface area contributed by atoms with Crippen molar-refractivity contribution >= 4 is 17.3 Å². The third-order valence-electron chi connectivity index (χ3n) is 3.39. The number of nitrogens with zero attached hydrogens (tertiary/aromatic N) is 1. The number of hydrogen-bond donors (Lipinski definition) is 1. The van der Waals surface area contributed by atoms with Gasteiger partial charge in [-0.1, -0.05) is 12.1 Å². The maximum absolute atomic E-state index is 13.6. The number of carbonyl (C=O) groups excluding carboxylic acids is 1. The maximum atomic E-state index is 13.6. The minimum absolute atomic E-state index is 0.0823. The third-order valence-corrected chi connectivity index (χ3v) is 3.39. The first kappa shape index (κ1) is 19.2. The smallest absolute Gasteiger partial charge is 0.271 e. The van der Waals surface area contributed by atoms with E-state index in [1.807, 2.05) is 19.1 Å². The lowest BCUT2D eigenvalue weighted by Gasteiger charge is -2.11. The number of non-ortho nitro benzene ring substituents is 1. The Morgan fingerprint density at radius 2 is 1.88 bits per heavy atom. The van der Waals surface area contributed by atoms with Crippen LogP contribution in [0, 0.1) is 15.9 Å². The predicted molar refractivity (Wildman–Crippen MR) is 94.0 cm³/mol. The fraction of sp³-hybridized carbons (Fsp3) is 0.278. The molecule has 2 aromatic carbocycles. The highest BCUT2D eigenvalue weighted by atomic mass is 19.1. The van der Waals surface area contributed by atoms with Crippen LogP contribution in [0.15, 0.2) is 42.5 Å². The highest BCUT2D eigenvalue weighted by molar-refractivity contribution is 5.91. The monoisotopic (exact) mass is 362 g/mol. The summed E-state index contributed by atoms with van der Waals surface area (Å²) in [6.07, 6.45) is 0.474. The van der Waals surface area contributed by atoms with Gasteiger partial charge in [0.25, 0.3) is 5.69 Å². The van der Waals surface area contributed by atoms with Gasteiger partial charge < -0.3 is 14.8 Å². The summed E-state index contributed by atoms with van der Waals surface area (Å²) < 4.78 is 24.7. The van der Waals surface area contributed by atoms with Crippen LogP contribution in [-0.4, -0.2) is 24.0 Å². The van der Waals surface area contributed by atoms with E-state index in [-0.39, 0.29) is 24.4 Å². The molecule has 0 saturated carbocycles. The van der Waals surface area contributed by atoms with E-state index in [1.165, 1.54) is 0 Å². The van der Waals surface area contributed by atoms with Crippen molar-refractivity contribution in [3.05, 3.63) is 58.4 Å². The minimum atomic E-state index is -0.731. The van der Waals surface area contributed by atoms with Crippen molar-refractivity contribution in [3.63, 3.8) is 0 Å². The summed E-state index contributed by atoms with van der Waals surface area (Å²) in [5, 5.41) is 13.1. The van der Waals surface area contributed by atoms with Crippen LogP contribution in [0.4, 0.5) is 15.8 Å². The molecule has 2 aromatic rings. The molecule has 0 fully saturated rings. The normalized spacial score (nSPS) is 10.2. The molecule has 1 amide bonds. The number of benzene rings is 2. The number of nitro benzene ring substituents is 1. The van der Waals surface area contributed by atoms with E-state index < -0.39 is 16.6 Å². The summed E-state index contributed by atoms with van der Waals surface area (Å²) in [6, 6.07) is 10.2. The van der Waals surface area contributed by atoms with Crippen molar-refractivity contribution in [1.82, 2.24) is 0 Å². The second-order valence-corrected chi connectivity index (χ2v) is 5.30. The second kappa shape index (κ2) is 9.36. The number of nitrogens with one attached hydrogen (secondary N) is 1. The van der Waals surface area contributed by atoms with Gasteiger partial charge in [-0.2, -0.15) is 0 Å². The van der Waals surface area contributed by atoms with Crippen LogP contribution in [0.2, 0.25) is 0 Å². The quantitative estimate of drug-likeness (QED) is 0.415. The molecule has 0 unspecified atom stereocenters. The summed E-state index contributed by atoms with van der Waals surface area (Å²) in [5.74, 6) is 0.0227. The Hall–Kier alpha value is -3.16. The van der Waals surface area contributed by atoms with Gasteiger partial charge in [-0.25, -0.2) is 4.39 Å². The fourth-order valence-electron chi connectivity index (χ4n) is 2.19. The van der Waals surface area contributed by atoms with Gasteiger partial charge in [0.1, 0.15) is 5.82 Å². The molecule has 7 nitrogen and oxygen atoms in total. The third kappa shape index (κ3) is 5.44. The van der Waals surface area contributed by atoms with Crippen molar-refractivity contribution in [2.75, 3.05) is 18.5 Å². The molecule has 1 N–H and O–H groups in total. The molecule has 8 heteroatoms. The SMILES string of the molecule is CCOc1ccccc1OCCCC(=O)Nc1cc([N+](=O)[O-])ccc1F. The predicted octanol–water partition coefficient (Wildman–Crippen LogP) is 3.93. The average Bonchev–Trinajstić information content (AvgIpc) is 2.62. The first-order valence-electron chi connectivity index (χ1n) is 8.09. The van der Waals surface area contributed by atoms with Crippen LogP contribution in [0.25, 0.3) is 0 Å². The van der Waals surface area contributed by atoms with E-state index in [4.69, 9.17) is 9.47 Å². The van der Waals surface area contributed by atoms with Crippen LogP contribution >= 0.6 is 0 Å². The Morgan fingerprint density at radius 3 is 2.54 bits per heavy atom. The molecule has 0 aromatic heterocycles. The van der Waals surface area contributed by atoms with Gasteiger partial charge in [0, 0.05) is 18.6 Å². The molecule has 0 aliphatic carbocycles. The van der Waals surface area contributed by atoms with Crippen LogP contribution < -0.4 is 14.8 Å². The van der Waals surface area contributed by atoms with Gasteiger partial charge in [-0.3, -0.25) is 14.9 Å². The summed E-state index contributed by atoms with van der Waals surface area (Å²) in [7, 11) is 0. The van der Waals surface area contributed by atoms with Crippen molar-refractivity contribution in [2.24, 2.45) is 0 Å². The topological polar surface area (TPSA) is 90.7 Å². The van der Waals surface area contributed by atoms with Gasteiger partial charge in [0.05, 0.1) is 23.8 Å². The second-order valence-electron chi connectivity index (χ2n) is 5.30.